The number of allylic oxidation sites excluding steroid dienone is 2. The molecule has 0 radical (unpaired) electrons. The highest BCUT2D eigenvalue weighted by molar-refractivity contribution is 6.79. The molecule has 2 atom stereocenters. The number of fused-ring (bicyclic) bond motifs is 2. The molecule has 0 aromatic heterocycles. The Labute approximate surface area is 150 Å². The van der Waals surface area contributed by atoms with E-state index < -0.39 is 8.07 Å². The van der Waals surface area contributed by atoms with E-state index in [1.165, 1.54) is 51.0 Å². The van der Waals surface area contributed by atoms with E-state index >= 15 is 0 Å². The summed E-state index contributed by atoms with van der Waals surface area (Å²) in [4.78, 5) is 0. The van der Waals surface area contributed by atoms with Crippen LogP contribution >= 0.6 is 0 Å². The lowest BCUT2D eigenvalue weighted by molar-refractivity contribution is 0.650. The number of benzene rings is 1. The van der Waals surface area contributed by atoms with Crippen molar-refractivity contribution in [1.82, 2.24) is 0 Å². The Kier molecular flexibility index (Phi) is 5.39. The summed E-state index contributed by atoms with van der Waals surface area (Å²) >= 11 is 0. The number of hydrogen-bond donors (Lipinski definition) is 0. The van der Waals surface area contributed by atoms with Gasteiger partial charge in [0, 0.05) is 0 Å². The van der Waals surface area contributed by atoms with Crippen molar-refractivity contribution >= 4 is 13.6 Å². The molecule has 2 unspecified atom stereocenters. The molecule has 2 aliphatic carbocycles. The topological polar surface area (TPSA) is 0 Å². The molecule has 24 heavy (non-hydrogen) atoms. The van der Waals surface area contributed by atoms with E-state index in [1.807, 2.05) is 0 Å². The predicted octanol–water partition coefficient (Wildman–Crippen LogP) is 7.14. The summed E-state index contributed by atoms with van der Waals surface area (Å²) in [5.74, 6) is 0.717. The Bertz CT molecular complexity index is 623. The molecule has 0 heterocycles. The first kappa shape index (κ1) is 18.0. The second kappa shape index (κ2) is 7.20. The first-order valence-corrected chi connectivity index (χ1v) is 13.6. The molecule has 0 nitrogen and oxygen atoms in total. The zero-order chi connectivity index (χ0) is 17.3. The summed E-state index contributed by atoms with van der Waals surface area (Å²) in [6.07, 6.45) is 12.1. The van der Waals surface area contributed by atoms with Crippen molar-refractivity contribution in [2.75, 3.05) is 0 Å². The molecule has 2 aliphatic rings. The van der Waals surface area contributed by atoms with Crippen LogP contribution in [0.25, 0.3) is 5.57 Å². The van der Waals surface area contributed by atoms with Crippen LogP contribution in [0.3, 0.4) is 0 Å². The second-order valence-electron chi connectivity index (χ2n) is 8.94. The summed E-state index contributed by atoms with van der Waals surface area (Å²) in [6.45, 7) is 12.4. The Balaban J connectivity index is 2.02. The molecule has 0 N–H and O–H groups in total. The maximum atomic E-state index is 2.72. The average molecular weight is 341 g/mol. The highest BCUT2D eigenvalue weighted by Crippen LogP contribution is 2.47. The second-order valence-corrected chi connectivity index (χ2v) is 14.0. The Hall–Kier alpha value is -0.823. The van der Waals surface area contributed by atoms with Gasteiger partial charge < -0.3 is 0 Å². The third-order valence-corrected chi connectivity index (χ3v) is 10.3. The maximum absolute atomic E-state index is 2.72. The van der Waals surface area contributed by atoms with E-state index in [4.69, 9.17) is 0 Å². The molecule has 0 fully saturated rings. The largest absolute Gasteiger partial charge is 0.0756 e. The highest BCUT2D eigenvalue weighted by atomic mass is 28.3. The third-order valence-electron chi connectivity index (χ3n) is 6.53. The minimum absolute atomic E-state index is 0.717. The fourth-order valence-electron chi connectivity index (χ4n) is 4.96. The van der Waals surface area contributed by atoms with Crippen LogP contribution in [0.5, 0.6) is 0 Å². The summed E-state index contributed by atoms with van der Waals surface area (Å²) < 4.78 is 0. The van der Waals surface area contributed by atoms with Gasteiger partial charge in [0.2, 0.25) is 0 Å². The van der Waals surface area contributed by atoms with Crippen molar-refractivity contribution in [3.8, 4) is 0 Å². The van der Waals surface area contributed by atoms with E-state index in [2.05, 4.69) is 52.1 Å². The van der Waals surface area contributed by atoms with Gasteiger partial charge in [0.1, 0.15) is 0 Å². The van der Waals surface area contributed by atoms with Crippen molar-refractivity contribution in [3.05, 3.63) is 40.5 Å². The first-order valence-electron chi connectivity index (χ1n) is 10.4. The molecule has 0 saturated heterocycles. The van der Waals surface area contributed by atoms with Crippen LogP contribution < -0.4 is 0 Å². The van der Waals surface area contributed by atoms with Gasteiger partial charge in [0.15, 0.2) is 0 Å². The van der Waals surface area contributed by atoms with Crippen LogP contribution in [0.1, 0.15) is 80.7 Å². The zero-order valence-electron chi connectivity index (χ0n) is 16.5. The van der Waals surface area contributed by atoms with Crippen molar-refractivity contribution in [1.29, 1.82) is 0 Å². The van der Waals surface area contributed by atoms with Crippen molar-refractivity contribution in [3.63, 3.8) is 0 Å². The fourth-order valence-corrected chi connectivity index (χ4v) is 8.25. The molecule has 0 saturated carbocycles. The highest BCUT2D eigenvalue weighted by Gasteiger charge is 2.38. The van der Waals surface area contributed by atoms with Crippen molar-refractivity contribution in [2.45, 2.75) is 90.4 Å². The van der Waals surface area contributed by atoms with E-state index in [0.717, 1.165) is 5.54 Å². The van der Waals surface area contributed by atoms with Crippen LogP contribution in [0.4, 0.5) is 0 Å². The summed E-state index contributed by atoms with van der Waals surface area (Å²) in [5, 5.41) is 0. The summed E-state index contributed by atoms with van der Waals surface area (Å²) in [5.41, 5.74) is 9.09. The van der Waals surface area contributed by atoms with Crippen LogP contribution in [0, 0.1) is 5.92 Å². The lowest BCUT2D eigenvalue weighted by atomic mass is 9.90. The van der Waals surface area contributed by atoms with E-state index in [-0.39, 0.29) is 0 Å². The van der Waals surface area contributed by atoms with Crippen LogP contribution in [-0.4, -0.2) is 8.07 Å². The smallest absolute Gasteiger partial charge is 0.0596 e. The van der Waals surface area contributed by atoms with E-state index in [9.17, 15) is 0 Å². The number of hydrogen-bond acceptors (Lipinski definition) is 0. The molecule has 1 aromatic carbocycles. The number of rotatable bonds is 7. The third kappa shape index (κ3) is 3.29. The minimum Gasteiger partial charge on any atom is -0.0756 e. The fraction of sp³-hybridized carbons (Fsp3) is 0.652. The molecular formula is C23H36Si. The van der Waals surface area contributed by atoms with Gasteiger partial charge in [0.25, 0.3) is 0 Å². The van der Waals surface area contributed by atoms with Crippen molar-refractivity contribution in [2.24, 2.45) is 5.92 Å². The SMILES string of the molecule is CCCC[Si](C)(C)C1C=C(C(C)CCC)c2cc3c(cc21)CCC3. The van der Waals surface area contributed by atoms with E-state index in [0.29, 0.717) is 5.92 Å². The summed E-state index contributed by atoms with van der Waals surface area (Å²) in [7, 11) is -1.26. The van der Waals surface area contributed by atoms with Crippen molar-refractivity contribution < 1.29 is 0 Å². The predicted molar refractivity (Wildman–Crippen MR) is 110 cm³/mol. The Morgan fingerprint density at radius 3 is 2.46 bits per heavy atom. The van der Waals surface area contributed by atoms with Crippen LogP contribution in [0.15, 0.2) is 18.2 Å². The van der Waals surface area contributed by atoms with Gasteiger partial charge in [-0.2, -0.15) is 0 Å². The van der Waals surface area contributed by atoms with Gasteiger partial charge in [-0.25, -0.2) is 0 Å². The quantitative estimate of drug-likeness (QED) is 0.463. The molecule has 1 heteroatoms. The van der Waals surface area contributed by atoms with E-state index in [1.54, 1.807) is 27.8 Å². The lowest BCUT2D eigenvalue weighted by Crippen LogP contribution is -2.33. The van der Waals surface area contributed by atoms with Gasteiger partial charge in [-0.1, -0.05) is 77.4 Å². The van der Waals surface area contributed by atoms with Gasteiger partial charge in [0.05, 0.1) is 8.07 Å². The Morgan fingerprint density at radius 2 is 1.79 bits per heavy atom. The maximum Gasteiger partial charge on any atom is 0.0596 e. The minimum atomic E-state index is -1.26. The molecule has 0 amide bonds. The lowest BCUT2D eigenvalue weighted by Gasteiger charge is -2.30. The Morgan fingerprint density at radius 1 is 1.08 bits per heavy atom. The van der Waals surface area contributed by atoms with Gasteiger partial charge in [-0.15, -0.1) is 0 Å². The average Bonchev–Trinajstić information content (AvgIpc) is 3.15. The molecule has 0 spiro atoms. The standard InChI is InChI=1S/C23H36Si/c1-6-8-13-24(4,5)23-16-20(17(3)10-7-2)21-14-18-11-9-12-19(18)15-22(21)23/h14-17,23H,6-13H2,1-5H3. The summed E-state index contributed by atoms with van der Waals surface area (Å²) in [6, 6.07) is 6.70. The molecule has 1 aromatic rings. The van der Waals surface area contributed by atoms with Gasteiger partial charge >= 0.3 is 0 Å². The molecule has 3 rings (SSSR count). The monoisotopic (exact) mass is 340 g/mol. The zero-order valence-corrected chi connectivity index (χ0v) is 17.5. The molecule has 0 aliphatic heterocycles. The molecule has 132 valence electrons. The normalized spacial score (nSPS) is 20.7. The van der Waals surface area contributed by atoms with Crippen LogP contribution in [0.2, 0.25) is 19.1 Å². The molecular weight excluding hydrogens is 304 g/mol. The number of aryl methyl sites for hydroxylation is 2. The van der Waals surface area contributed by atoms with Crippen LogP contribution in [-0.2, 0) is 12.8 Å². The van der Waals surface area contributed by atoms with Gasteiger partial charge in [-0.05, 0) is 65.0 Å². The molecule has 0 bridgehead atoms. The first-order chi connectivity index (χ1) is 11.5. The van der Waals surface area contributed by atoms with Gasteiger partial charge in [-0.3, -0.25) is 0 Å². The number of unbranched alkanes of at least 4 members (excludes halogenated alkanes) is 1.